The second-order valence-electron chi connectivity index (χ2n) is 2.96. The first-order valence-corrected chi connectivity index (χ1v) is 4.26. The van der Waals surface area contributed by atoms with Gasteiger partial charge in [0, 0.05) is 25.7 Å². The van der Waals surface area contributed by atoms with Crippen LogP contribution in [-0.2, 0) is 0 Å². The summed E-state index contributed by atoms with van der Waals surface area (Å²) in [6.45, 7) is 8.69. The van der Waals surface area contributed by atoms with E-state index in [2.05, 4.69) is 6.92 Å². The molecule has 0 aliphatic carbocycles. The number of rotatable bonds is 2. The molecule has 0 aromatic carbocycles. The van der Waals surface area contributed by atoms with Crippen LogP contribution in [0.1, 0.15) is 20.8 Å². The van der Waals surface area contributed by atoms with E-state index < -0.39 is 0 Å². The minimum Gasteiger partial charge on any atom is -0.323 e. The van der Waals surface area contributed by atoms with E-state index in [0.29, 0.717) is 6.04 Å². The maximum Gasteiger partial charge on any atom is 0.320 e. The molecule has 0 bridgehead atoms. The van der Waals surface area contributed by atoms with Gasteiger partial charge in [0.05, 0.1) is 0 Å². The average Bonchev–Trinajstić information content (AvgIpc) is 2.26. The van der Waals surface area contributed by atoms with Gasteiger partial charge in [0.1, 0.15) is 0 Å². The van der Waals surface area contributed by atoms with E-state index in [-0.39, 0.29) is 6.03 Å². The third-order valence-electron chi connectivity index (χ3n) is 2.26. The van der Waals surface area contributed by atoms with Crippen LogP contribution in [0.5, 0.6) is 0 Å². The molecule has 0 saturated carbocycles. The Bertz CT molecular complexity index is 158. The van der Waals surface area contributed by atoms with Crippen LogP contribution >= 0.6 is 0 Å². The summed E-state index contributed by atoms with van der Waals surface area (Å²) in [7, 11) is 0. The smallest absolute Gasteiger partial charge is 0.320 e. The van der Waals surface area contributed by atoms with Crippen LogP contribution in [0.15, 0.2) is 0 Å². The summed E-state index contributed by atoms with van der Waals surface area (Å²) in [5, 5.41) is 0. The van der Waals surface area contributed by atoms with Crippen LogP contribution < -0.4 is 0 Å². The highest BCUT2D eigenvalue weighted by atomic mass is 16.2. The Kier molecular flexibility index (Phi) is 2.37. The highest BCUT2D eigenvalue weighted by Gasteiger charge is 2.31. The van der Waals surface area contributed by atoms with E-state index in [1.165, 1.54) is 0 Å². The highest BCUT2D eigenvalue weighted by Crippen LogP contribution is 2.13. The summed E-state index contributed by atoms with van der Waals surface area (Å²) in [5.74, 6) is 0. The maximum atomic E-state index is 11.4. The minimum absolute atomic E-state index is 0.197. The van der Waals surface area contributed by atoms with E-state index in [1.54, 1.807) is 0 Å². The zero-order chi connectivity index (χ0) is 8.43. The molecule has 1 aliphatic rings. The summed E-state index contributed by atoms with van der Waals surface area (Å²) in [4.78, 5) is 15.2. The van der Waals surface area contributed by atoms with Crippen molar-refractivity contribution < 1.29 is 4.79 Å². The molecule has 1 fully saturated rings. The van der Waals surface area contributed by atoms with E-state index in [9.17, 15) is 4.79 Å². The standard InChI is InChI=1S/C8H16N2O/c1-4-9-6-7(3)10(5-2)8(9)11/h7H,4-6H2,1-3H3. The summed E-state index contributed by atoms with van der Waals surface area (Å²) in [6.07, 6.45) is 0. The molecular weight excluding hydrogens is 140 g/mol. The van der Waals surface area contributed by atoms with Crippen molar-refractivity contribution in [2.45, 2.75) is 26.8 Å². The molecule has 3 heteroatoms. The van der Waals surface area contributed by atoms with E-state index in [0.717, 1.165) is 19.6 Å². The normalized spacial score (nSPS) is 25.0. The molecular formula is C8H16N2O. The number of likely N-dealkylation sites (N-methyl/N-ethyl adjacent to an activating group) is 2. The molecule has 1 unspecified atom stereocenters. The molecule has 0 N–H and O–H groups in total. The molecule has 1 aliphatic heterocycles. The van der Waals surface area contributed by atoms with Crippen molar-refractivity contribution in [3.63, 3.8) is 0 Å². The van der Waals surface area contributed by atoms with Crippen LogP contribution in [0.25, 0.3) is 0 Å². The fourth-order valence-corrected chi connectivity index (χ4v) is 1.58. The van der Waals surface area contributed by atoms with Gasteiger partial charge in [0.15, 0.2) is 0 Å². The lowest BCUT2D eigenvalue weighted by molar-refractivity contribution is 0.191. The van der Waals surface area contributed by atoms with Crippen LogP contribution in [0.4, 0.5) is 4.79 Å². The lowest BCUT2D eigenvalue weighted by Gasteiger charge is -2.17. The fourth-order valence-electron chi connectivity index (χ4n) is 1.58. The first kappa shape index (κ1) is 8.37. The molecule has 1 atom stereocenters. The summed E-state index contributed by atoms with van der Waals surface area (Å²) in [5.41, 5.74) is 0. The molecule has 11 heavy (non-hydrogen) atoms. The van der Waals surface area contributed by atoms with Gasteiger partial charge in [0.2, 0.25) is 0 Å². The van der Waals surface area contributed by atoms with Gasteiger partial charge in [-0.05, 0) is 20.8 Å². The van der Waals surface area contributed by atoms with Crippen LogP contribution in [0.3, 0.4) is 0 Å². The summed E-state index contributed by atoms with van der Waals surface area (Å²) < 4.78 is 0. The van der Waals surface area contributed by atoms with Crippen LogP contribution in [0.2, 0.25) is 0 Å². The minimum atomic E-state index is 0.197. The molecule has 0 aromatic heterocycles. The number of urea groups is 1. The fraction of sp³-hybridized carbons (Fsp3) is 0.875. The number of hydrogen-bond donors (Lipinski definition) is 0. The first-order valence-electron chi connectivity index (χ1n) is 4.26. The third-order valence-corrected chi connectivity index (χ3v) is 2.26. The van der Waals surface area contributed by atoms with Crippen molar-refractivity contribution in [3.8, 4) is 0 Å². The van der Waals surface area contributed by atoms with Crippen molar-refractivity contribution in [1.29, 1.82) is 0 Å². The van der Waals surface area contributed by atoms with Gasteiger partial charge in [-0.2, -0.15) is 0 Å². The molecule has 1 saturated heterocycles. The van der Waals surface area contributed by atoms with Crippen LogP contribution in [-0.4, -0.2) is 41.5 Å². The monoisotopic (exact) mass is 156 g/mol. The predicted molar refractivity (Wildman–Crippen MR) is 44.5 cm³/mol. The van der Waals surface area contributed by atoms with Crippen molar-refractivity contribution in [3.05, 3.63) is 0 Å². The molecule has 0 radical (unpaired) electrons. The molecule has 2 amide bonds. The molecule has 1 heterocycles. The van der Waals surface area contributed by atoms with Crippen molar-refractivity contribution in [2.75, 3.05) is 19.6 Å². The van der Waals surface area contributed by atoms with Gasteiger partial charge in [-0.25, -0.2) is 4.79 Å². The SMILES string of the molecule is CCN1CC(C)N(CC)C1=O. The van der Waals surface area contributed by atoms with Gasteiger partial charge >= 0.3 is 6.03 Å². The van der Waals surface area contributed by atoms with E-state index in [4.69, 9.17) is 0 Å². The largest absolute Gasteiger partial charge is 0.323 e. The van der Waals surface area contributed by atoms with Gasteiger partial charge < -0.3 is 9.80 Å². The topological polar surface area (TPSA) is 23.6 Å². The highest BCUT2D eigenvalue weighted by molar-refractivity contribution is 5.77. The van der Waals surface area contributed by atoms with Crippen molar-refractivity contribution in [2.24, 2.45) is 0 Å². The number of carbonyl (C=O) groups is 1. The number of nitrogens with zero attached hydrogens (tertiary/aromatic N) is 2. The third kappa shape index (κ3) is 1.32. The number of amides is 2. The second-order valence-corrected chi connectivity index (χ2v) is 2.96. The Balaban J connectivity index is 2.63. The maximum absolute atomic E-state index is 11.4. The zero-order valence-corrected chi connectivity index (χ0v) is 7.50. The van der Waals surface area contributed by atoms with Gasteiger partial charge in [-0.15, -0.1) is 0 Å². The lowest BCUT2D eigenvalue weighted by Crippen LogP contribution is -2.33. The average molecular weight is 156 g/mol. The van der Waals surface area contributed by atoms with Crippen molar-refractivity contribution in [1.82, 2.24) is 9.80 Å². The Labute approximate surface area is 68.0 Å². The van der Waals surface area contributed by atoms with E-state index in [1.807, 2.05) is 23.6 Å². The van der Waals surface area contributed by atoms with E-state index >= 15 is 0 Å². The molecule has 0 aromatic rings. The number of carbonyl (C=O) groups excluding carboxylic acids is 1. The molecule has 1 rings (SSSR count). The number of hydrogen-bond acceptors (Lipinski definition) is 1. The molecule has 0 spiro atoms. The first-order chi connectivity index (χ1) is 5.20. The molecule has 3 nitrogen and oxygen atoms in total. The Hall–Kier alpha value is -0.730. The lowest BCUT2D eigenvalue weighted by atomic mass is 10.3. The summed E-state index contributed by atoms with van der Waals surface area (Å²) >= 11 is 0. The second kappa shape index (κ2) is 3.11. The Morgan fingerprint density at radius 2 is 2.09 bits per heavy atom. The van der Waals surface area contributed by atoms with Crippen LogP contribution in [0, 0.1) is 0 Å². The molecule has 64 valence electrons. The van der Waals surface area contributed by atoms with Gasteiger partial charge in [0.25, 0.3) is 0 Å². The van der Waals surface area contributed by atoms with Gasteiger partial charge in [-0.3, -0.25) is 0 Å². The van der Waals surface area contributed by atoms with Gasteiger partial charge in [-0.1, -0.05) is 0 Å². The predicted octanol–water partition coefficient (Wildman–Crippen LogP) is 1.15. The summed E-state index contributed by atoms with van der Waals surface area (Å²) in [6, 6.07) is 0.593. The Morgan fingerprint density at radius 1 is 1.45 bits per heavy atom. The van der Waals surface area contributed by atoms with Crippen molar-refractivity contribution >= 4 is 6.03 Å². The zero-order valence-electron chi connectivity index (χ0n) is 7.50. The quantitative estimate of drug-likeness (QED) is 0.588. The Morgan fingerprint density at radius 3 is 2.36 bits per heavy atom.